The van der Waals surface area contributed by atoms with Crippen LogP contribution in [-0.2, 0) is 9.53 Å². The van der Waals surface area contributed by atoms with Crippen molar-refractivity contribution in [3.05, 3.63) is 45.7 Å². The molecule has 2 aromatic rings. The molecule has 10 nitrogen and oxygen atoms in total. The third-order valence-corrected chi connectivity index (χ3v) is 3.13. The average Bonchev–Trinajstić information content (AvgIpc) is 2.98. The minimum atomic E-state index is -1.06. The predicted molar refractivity (Wildman–Crippen MR) is 84.4 cm³/mol. The van der Waals surface area contributed by atoms with E-state index in [1.807, 2.05) is 0 Å². The second-order valence-corrected chi connectivity index (χ2v) is 5.00. The van der Waals surface area contributed by atoms with Crippen molar-refractivity contribution in [1.29, 1.82) is 0 Å². The van der Waals surface area contributed by atoms with Crippen molar-refractivity contribution < 1.29 is 28.5 Å². The van der Waals surface area contributed by atoms with Crippen LogP contribution in [0.25, 0.3) is 0 Å². The number of nitrogens with zero attached hydrogens (tertiary/aromatic N) is 2. The highest BCUT2D eigenvalue weighted by atomic mass is 16.6. The van der Waals surface area contributed by atoms with Gasteiger partial charge in [0.05, 0.1) is 17.6 Å². The summed E-state index contributed by atoms with van der Waals surface area (Å²) in [6, 6.07) is 5.07. The third-order valence-electron chi connectivity index (χ3n) is 3.13. The number of nitrogens with one attached hydrogen (secondary N) is 1. The Morgan fingerprint density at radius 2 is 2.08 bits per heavy atom. The average molecular weight is 349 g/mol. The van der Waals surface area contributed by atoms with Gasteiger partial charge >= 0.3 is 11.7 Å². The van der Waals surface area contributed by atoms with Crippen LogP contribution in [0.1, 0.15) is 23.0 Å². The van der Waals surface area contributed by atoms with Crippen LogP contribution in [0.15, 0.2) is 28.8 Å². The molecular weight excluding hydrogens is 334 g/mol. The second kappa shape index (κ2) is 7.43. The maximum atomic E-state index is 12.1. The minimum Gasteiger partial charge on any atom is -0.474 e. The summed E-state index contributed by atoms with van der Waals surface area (Å²) in [5.74, 6) is -0.732. The molecule has 0 aliphatic rings. The molecule has 0 aliphatic heterocycles. The maximum absolute atomic E-state index is 12.1. The van der Waals surface area contributed by atoms with Crippen LogP contribution in [0, 0.1) is 17.0 Å². The van der Waals surface area contributed by atoms with Crippen LogP contribution in [0.2, 0.25) is 0 Å². The molecule has 0 saturated heterocycles. The van der Waals surface area contributed by atoms with Crippen molar-refractivity contribution in [3.63, 3.8) is 0 Å². The van der Waals surface area contributed by atoms with E-state index in [4.69, 9.17) is 9.26 Å². The zero-order valence-electron chi connectivity index (χ0n) is 13.6. The number of benzene rings is 1. The van der Waals surface area contributed by atoms with Crippen LogP contribution < -0.4 is 10.1 Å². The number of hydrogen-bond acceptors (Lipinski definition) is 8. The molecule has 0 radical (unpaired) electrons. The van der Waals surface area contributed by atoms with Crippen LogP contribution in [-0.4, -0.2) is 35.2 Å². The molecule has 1 N–H and O–H groups in total. The fourth-order valence-corrected chi connectivity index (χ4v) is 1.90. The summed E-state index contributed by atoms with van der Waals surface area (Å²) in [5, 5.41) is 17.2. The Balaban J connectivity index is 2.16. The van der Waals surface area contributed by atoms with Gasteiger partial charge in [-0.05, 0) is 26.0 Å². The monoisotopic (exact) mass is 349 g/mol. The summed E-state index contributed by atoms with van der Waals surface area (Å²) in [5.41, 5.74) is -0.462. The molecule has 1 atom stereocenters. The van der Waals surface area contributed by atoms with Crippen LogP contribution in [0.5, 0.6) is 5.75 Å². The van der Waals surface area contributed by atoms with Gasteiger partial charge in [0.15, 0.2) is 17.7 Å². The number of rotatable bonds is 6. The highest BCUT2D eigenvalue weighted by Gasteiger charge is 2.23. The van der Waals surface area contributed by atoms with E-state index in [-0.39, 0.29) is 17.1 Å². The number of amides is 1. The van der Waals surface area contributed by atoms with Gasteiger partial charge in [-0.3, -0.25) is 14.9 Å². The lowest BCUT2D eigenvalue weighted by molar-refractivity contribution is -0.386. The maximum Gasteiger partial charge on any atom is 0.338 e. The zero-order valence-corrected chi connectivity index (χ0v) is 13.6. The summed E-state index contributed by atoms with van der Waals surface area (Å²) in [4.78, 5) is 34.0. The number of aromatic nitrogens is 1. The van der Waals surface area contributed by atoms with Crippen LogP contribution in [0.4, 0.5) is 11.5 Å². The molecule has 10 heteroatoms. The van der Waals surface area contributed by atoms with Gasteiger partial charge in [-0.25, -0.2) is 4.79 Å². The van der Waals surface area contributed by atoms with E-state index in [1.165, 1.54) is 25.1 Å². The Kier molecular flexibility index (Phi) is 5.32. The van der Waals surface area contributed by atoms with Crippen molar-refractivity contribution >= 4 is 23.4 Å². The van der Waals surface area contributed by atoms with Gasteiger partial charge in [-0.1, -0.05) is 5.16 Å². The standard InChI is InChI=1S/C15H15N3O7/c1-8-6-13(17-25-8)16-14(19)9(2)24-12-5-4-10(15(20)23-3)7-11(12)18(21)22/h4-7,9H,1-3H3,(H,16,17,19)/t9-/m0/s1. The Bertz CT molecular complexity index is 815. The van der Waals surface area contributed by atoms with E-state index in [2.05, 4.69) is 15.2 Å². The van der Waals surface area contributed by atoms with Crippen LogP contribution in [0.3, 0.4) is 0 Å². The lowest BCUT2D eigenvalue weighted by atomic mass is 10.2. The largest absolute Gasteiger partial charge is 0.474 e. The molecule has 0 fully saturated rings. The zero-order chi connectivity index (χ0) is 18.6. The Morgan fingerprint density at radius 1 is 1.36 bits per heavy atom. The fraction of sp³-hybridized carbons (Fsp3) is 0.267. The van der Waals surface area contributed by atoms with Crippen molar-refractivity contribution in [2.45, 2.75) is 20.0 Å². The van der Waals surface area contributed by atoms with Crippen molar-refractivity contribution in [2.24, 2.45) is 0 Å². The summed E-state index contributed by atoms with van der Waals surface area (Å²) in [6.07, 6.45) is -1.06. The van der Waals surface area contributed by atoms with E-state index in [0.717, 1.165) is 13.2 Å². The molecule has 0 bridgehead atoms. The van der Waals surface area contributed by atoms with Gasteiger partial charge in [0.25, 0.3) is 5.91 Å². The molecule has 132 valence electrons. The van der Waals surface area contributed by atoms with Gasteiger partial charge in [-0.15, -0.1) is 0 Å². The molecule has 0 unspecified atom stereocenters. The van der Waals surface area contributed by atoms with Crippen molar-refractivity contribution in [1.82, 2.24) is 5.16 Å². The highest BCUT2D eigenvalue weighted by Crippen LogP contribution is 2.29. The van der Waals surface area contributed by atoms with Gasteiger partial charge < -0.3 is 19.3 Å². The fourth-order valence-electron chi connectivity index (χ4n) is 1.90. The molecule has 25 heavy (non-hydrogen) atoms. The minimum absolute atomic E-state index is 0.00303. The number of hydrogen-bond donors (Lipinski definition) is 1. The van der Waals surface area contributed by atoms with Gasteiger partial charge in [-0.2, -0.15) is 0 Å². The molecule has 1 amide bonds. The van der Waals surface area contributed by atoms with Crippen LogP contribution >= 0.6 is 0 Å². The number of nitro benzene ring substituents is 1. The first-order chi connectivity index (χ1) is 11.8. The summed E-state index contributed by atoms with van der Waals surface area (Å²) in [6.45, 7) is 3.08. The molecule has 0 saturated carbocycles. The number of anilines is 1. The molecule has 1 heterocycles. The van der Waals surface area contributed by atoms with Crippen molar-refractivity contribution in [2.75, 3.05) is 12.4 Å². The quantitative estimate of drug-likeness (QED) is 0.476. The number of aryl methyl sites for hydroxylation is 1. The number of methoxy groups -OCH3 is 1. The normalized spacial score (nSPS) is 11.5. The predicted octanol–water partition coefficient (Wildman–Crippen LogP) is 2.08. The van der Waals surface area contributed by atoms with E-state index in [9.17, 15) is 19.7 Å². The summed E-state index contributed by atoms with van der Waals surface area (Å²) in [7, 11) is 1.16. The first kappa shape index (κ1) is 17.9. The first-order valence-corrected chi connectivity index (χ1v) is 7.09. The van der Waals surface area contributed by atoms with Gasteiger partial charge in [0, 0.05) is 12.1 Å². The molecule has 2 rings (SSSR count). The molecular formula is C15H15N3O7. The lowest BCUT2D eigenvalue weighted by Gasteiger charge is -2.14. The SMILES string of the molecule is COC(=O)c1ccc(O[C@@H](C)C(=O)Nc2cc(C)on2)c([N+](=O)[O-])c1. The van der Waals surface area contributed by atoms with Crippen molar-refractivity contribution in [3.8, 4) is 5.75 Å². The number of carbonyl (C=O) groups excluding carboxylic acids is 2. The molecule has 1 aromatic heterocycles. The highest BCUT2D eigenvalue weighted by molar-refractivity contribution is 5.93. The topological polar surface area (TPSA) is 134 Å². The van der Waals surface area contributed by atoms with Gasteiger partial charge in [0.2, 0.25) is 0 Å². The number of nitro groups is 1. The number of ether oxygens (including phenoxy) is 2. The summed E-state index contributed by atoms with van der Waals surface area (Å²) >= 11 is 0. The number of carbonyl (C=O) groups is 2. The Hall–Kier alpha value is -3.43. The Labute approximate surface area is 141 Å². The van der Waals surface area contributed by atoms with Gasteiger partial charge in [0.1, 0.15) is 5.76 Å². The number of esters is 1. The molecule has 0 spiro atoms. The molecule has 1 aromatic carbocycles. The smallest absolute Gasteiger partial charge is 0.338 e. The first-order valence-electron chi connectivity index (χ1n) is 7.09. The molecule has 0 aliphatic carbocycles. The van der Waals surface area contributed by atoms with E-state index in [0.29, 0.717) is 5.76 Å². The lowest BCUT2D eigenvalue weighted by Crippen LogP contribution is -2.30. The summed E-state index contributed by atoms with van der Waals surface area (Å²) < 4.78 is 14.7. The van der Waals surface area contributed by atoms with E-state index >= 15 is 0 Å². The Morgan fingerprint density at radius 3 is 2.64 bits per heavy atom. The van der Waals surface area contributed by atoms with E-state index < -0.39 is 28.6 Å². The van der Waals surface area contributed by atoms with E-state index in [1.54, 1.807) is 6.92 Å². The third kappa shape index (κ3) is 4.31. The second-order valence-electron chi connectivity index (χ2n) is 5.00.